The third kappa shape index (κ3) is 5.53. The summed E-state index contributed by atoms with van der Waals surface area (Å²) >= 11 is 0. The Balaban J connectivity index is 2.24. The third-order valence-corrected chi connectivity index (χ3v) is 3.32. The van der Waals surface area contributed by atoms with Crippen molar-refractivity contribution in [3.8, 4) is 12.3 Å². The minimum atomic E-state index is -1.45. The molecule has 0 aliphatic carbocycles. The summed E-state index contributed by atoms with van der Waals surface area (Å²) in [6.07, 6.45) is 0.0391. The van der Waals surface area contributed by atoms with E-state index in [0.29, 0.717) is 19.3 Å². The van der Waals surface area contributed by atoms with Crippen molar-refractivity contribution in [2.24, 2.45) is 0 Å². The molecule has 0 aromatic carbocycles. The molecule has 0 saturated carbocycles. The number of carbonyl (C=O) groups excluding carboxylic acids is 1. The molecule has 5 atom stereocenters. The molecule has 2 unspecified atom stereocenters. The Kier molecular flexibility index (Phi) is 8.34. The predicted molar refractivity (Wildman–Crippen MR) is 75.4 cm³/mol. The summed E-state index contributed by atoms with van der Waals surface area (Å²) in [6, 6.07) is 0. The molecule has 0 radical (unpaired) electrons. The maximum Gasteiger partial charge on any atom is 0.220 e. The van der Waals surface area contributed by atoms with Crippen LogP contribution in [0.15, 0.2) is 0 Å². The Morgan fingerprint density at radius 2 is 1.95 bits per heavy atom. The molecule has 22 heavy (non-hydrogen) atoms. The summed E-state index contributed by atoms with van der Waals surface area (Å²) in [5, 5.41) is 40.5. The minimum Gasteiger partial charge on any atom is -0.394 e. The second kappa shape index (κ2) is 9.74. The molecule has 1 amide bonds. The maximum absolute atomic E-state index is 11.3. The number of hydrogen-bond acceptors (Lipinski definition) is 7. The standard InChI is InChI=1S/C14H23NO7/c1-2-6-15-10(17)5-3-4-7-21-14-13(20)12(19)11(18)9(8-16)22-14/h1,9,11-14,16,18-20H,3-8H2,(H,15,17)/t9?,11-,12?,13-,14+/m1/s1. The molecular weight excluding hydrogens is 294 g/mol. The highest BCUT2D eigenvalue weighted by molar-refractivity contribution is 5.76. The van der Waals surface area contributed by atoms with E-state index in [-0.39, 0.29) is 19.1 Å². The molecule has 1 aliphatic heterocycles. The summed E-state index contributed by atoms with van der Waals surface area (Å²) < 4.78 is 10.5. The van der Waals surface area contributed by atoms with Crippen molar-refractivity contribution in [1.82, 2.24) is 5.32 Å². The topological polar surface area (TPSA) is 128 Å². The van der Waals surface area contributed by atoms with Crippen LogP contribution in [0.4, 0.5) is 0 Å². The Labute approximate surface area is 129 Å². The highest BCUT2D eigenvalue weighted by Gasteiger charge is 2.43. The molecule has 8 heteroatoms. The van der Waals surface area contributed by atoms with Gasteiger partial charge in [-0.1, -0.05) is 5.92 Å². The highest BCUT2D eigenvalue weighted by Crippen LogP contribution is 2.22. The zero-order valence-corrected chi connectivity index (χ0v) is 12.2. The molecule has 0 spiro atoms. The molecule has 1 aliphatic rings. The van der Waals surface area contributed by atoms with Crippen LogP contribution >= 0.6 is 0 Å². The lowest BCUT2D eigenvalue weighted by Crippen LogP contribution is -2.59. The Morgan fingerprint density at radius 1 is 1.23 bits per heavy atom. The van der Waals surface area contributed by atoms with E-state index in [1.807, 2.05) is 0 Å². The summed E-state index contributed by atoms with van der Waals surface area (Å²) in [4.78, 5) is 11.3. The van der Waals surface area contributed by atoms with Gasteiger partial charge in [0.2, 0.25) is 5.91 Å². The van der Waals surface area contributed by atoms with Crippen LogP contribution in [-0.4, -0.2) is 76.8 Å². The molecular formula is C14H23NO7. The van der Waals surface area contributed by atoms with Crippen molar-refractivity contribution in [2.75, 3.05) is 19.8 Å². The van der Waals surface area contributed by atoms with E-state index in [4.69, 9.17) is 21.0 Å². The van der Waals surface area contributed by atoms with E-state index >= 15 is 0 Å². The fourth-order valence-corrected chi connectivity index (χ4v) is 2.03. The first-order chi connectivity index (χ1) is 10.5. The number of aliphatic hydroxyl groups is 4. The van der Waals surface area contributed by atoms with Crippen LogP contribution in [0.25, 0.3) is 0 Å². The average Bonchev–Trinajstić information content (AvgIpc) is 2.52. The Hall–Kier alpha value is -1.21. The Morgan fingerprint density at radius 3 is 2.59 bits per heavy atom. The number of aliphatic hydroxyl groups excluding tert-OH is 4. The van der Waals surface area contributed by atoms with Crippen molar-refractivity contribution >= 4 is 5.91 Å². The quantitative estimate of drug-likeness (QED) is 0.252. The highest BCUT2D eigenvalue weighted by atomic mass is 16.7. The average molecular weight is 317 g/mol. The van der Waals surface area contributed by atoms with Crippen molar-refractivity contribution in [2.45, 2.75) is 50.0 Å². The van der Waals surface area contributed by atoms with Gasteiger partial charge in [-0.3, -0.25) is 4.79 Å². The second-order valence-electron chi connectivity index (χ2n) is 5.01. The van der Waals surface area contributed by atoms with E-state index in [1.54, 1.807) is 0 Å². The number of nitrogens with one attached hydrogen (secondary N) is 1. The zero-order chi connectivity index (χ0) is 16.5. The lowest BCUT2D eigenvalue weighted by Gasteiger charge is -2.39. The summed E-state index contributed by atoms with van der Waals surface area (Å²) in [5.41, 5.74) is 0. The van der Waals surface area contributed by atoms with Gasteiger partial charge in [0.15, 0.2) is 6.29 Å². The maximum atomic E-state index is 11.3. The first-order valence-electron chi connectivity index (χ1n) is 7.13. The lowest BCUT2D eigenvalue weighted by molar-refractivity contribution is -0.301. The molecule has 0 aromatic rings. The molecule has 126 valence electrons. The van der Waals surface area contributed by atoms with Crippen molar-refractivity contribution < 1.29 is 34.7 Å². The van der Waals surface area contributed by atoms with Gasteiger partial charge in [-0.15, -0.1) is 6.42 Å². The predicted octanol–water partition coefficient (Wildman–Crippen LogP) is -2.28. The van der Waals surface area contributed by atoms with E-state index < -0.39 is 37.3 Å². The zero-order valence-electron chi connectivity index (χ0n) is 12.2. The molecule has 0 aromatic heterocycles. The smallest absolute Gasteiger partial charge is 0.220 e. The van der Waals surface area contributed by atoms with E-state index in [0.717, 1.165) is 0 Å². The van der Waals surface area contributed by atoms with Gasteiger partial charge in [0.05, 0.1) is 13.2 Å². The third-order valence-electron chi connectivity index (χ3n) is 3.32. The van der Waals surface area contributed by atoms with Crippen LogP contribution in [0, 0.1) is 12.3 Å². The van der Waals surface area contributed by atoms with Crippen molar-refractivity contribution in [3.63, 3.8) is 0 Å². The summed E-state index contributed by atoms with van der Waals surface area (Å²) in [5.74, 6) is 2.15. The first-order valence-corrected chi connectivity index (χ1v) is 7.13. The molecule has 1 rings (SSSR count). The minimum absolute atomic E-state index is 0.147. The van der Waals surface area contributed by atoms with Crippen molar-refractivity contribution in [1.29, 1.82) is 0 Å². The van der Waals surface area contributed by atoms with Crippen LogP contribution in [-0.2, 0) is 14.3 Å². The van der Waals surface area contributed by atoms with Gasteiger partial charge in [0, 0.05) is 13.0 Å². The van der Waals surface area contributed by atoms with Crippen LogP contribution in [0.5, 0.6) is 0 Å². The second-order valence-corrected chi connectivity index (χ2v) is 5.01. The SMILES string of the molecule is C#CCNC(=O)CCCCO[C@H]1OC(CO)[C@@H](O)C(O)[C@H]1O. The van der Waals surface area contributed by atoms with Crippen LogP contribution < -0.4 is 5.32 Å². The van der Waals surface area contributed by atoms with Gasteiger partial charge in [-0.2, -0.15) is 0 Å². The van der Waals surface area contributed by atoms with Crippen LogP contribution in [0.3, 0.4) is 0 Å². The fraction of sp³-hybridized carbons (Fsp3) is 0.786. The molecule has 5 N–H and O–H groups in total. The van der Waals surface area contributed by atoms with E-state index in [2.05, 4.69) is 11.2 Å². The van der Waals surface area contributed by atoms with Gasteiger partial charge in [0.1, 0.15) is 24.4 Å². The normalized spacial score (nSPS) is 31.5. The lowest BCUT2D eigenvalue weighted by atomic mass is 9.99. The van der Waals surface area contributed by atoms with Gasteiger partial charge < -0.3 is 35.2 Å². The van der Waals surface area contributed by atoms with Gasteiger partial charge in [0.25, 0.3) is 0 Å². The number of carbonyl (C=O) groups is 1. The van der Waals surface area contributed by atoms with Gasteiger partial charge in [-0.25, -0.2) is 0 Å². The molecule has 1 fully saturated rings. The number of ether oxygens (including phenoxy) is 2. The molecule has 1 saturated heterocycles. The summed E-state index contributed by atoms with van der Waals surface area (Å²) in [7, 11) is 0. The fourth-order valence-electron chi connectivity index (χ4n) is 2.03. The number of hydrogen-bond donors (Lipinski definition) is 5. The first kappa shape index (κ1) is 18.8. The Bertz CT molecular complexity index is 382. The van der Waals surface area contributed by atoms with Crippen molar-refractivity contribution in [3.05, 3.63) is 0 Å². The monoisotopic (exact) mass is 317 g/mol. The largest absolute Gasteiger partial charge is 0.394 e. The van der Waals surface area contributed by atoms with E-state index in [1.165, 1.54) is 0 Å². The van der Waals surface area contributed by atoms with Crippen LogP contribution in [0.2, 0.25) is 0 Å². The van der Waals surface area contributed by atoms with Crippen LogP contribution in [0.1, 0.15) is 19.3 Å². The number of amides is 1. The number of rotatable bonds is 8. The molecule has 1 heterocycles. The van der Waals surface area contributed by atoms with Gasteiger partial charge >= 0.3 is 0 Å². The van der Waals surface area contributed by atoms with E-state index in [9.17, 15) is 20.1 Å². The number of unbranched alkanes of at least 4 members (excludes halogenated alkanes) is 1. The number of terminal acetylenes is 1. The molecule has 0 bridgehead atoms. The summed E-state index contributed by atoms with van der Waals surface area (Å²) in [6.45, 7) is -0.106. The van der Waals surface area contributed by atoms with Gasteiger partial charge in [-0.05, 0) is 12.8 Å². The molecule has 8 nitrogen and oxygen atoms in total.